The summed E-state index contributed by atoms with van der Waals surface area (Å²) in [5.74, 6) is 1.17. The van der Waals surface area contributed by atoms with Crippen LogP contribution in [0.25, 0.3) is 0 Å². The summed E-state index contributed by atoms with van der Waals surface area (Å²) in [6.07, 6.45) is 0. The highest BCUT2D eigenvalue weighted by molar-refractivity contribution is 8.00. The number of hydrogen-bond acceptors (Lipinski definition) is 3. The van der Waals surface area contributed by atoms with E-state index >= 15 is 0 Å². The van der Waals surface area contributed by atoms with Gasteiger partial charge in [0.2, 0.25) is 0 Å². The molecule has 3 heteroatoms. The Morgan fingerprint density at radius 2 is 2.62 bits per heavy atom. The van der Waals surface area contributed by atoms with Gasteiger partial charge in [0, 0.05) is 12.3 Å². The van der Waals surface area contributed by atoms with Crippen LogP contribution in [0.3, 0.4) is 0 Å². The molecule has 2 nitrogen and oxygen atoms in total. The first-order chi connectivity index (χ1) is 3.84. The predicted molar refractivity (Wildman–Crippen MR) is 36.0 cm³/mol. The molecular weight excluding hydrogens is 122 g/mol. The second-order valence-corrected chi connectivity index (χ2v) is 3.27. The molecule has 1 atom stereocenters. The van der Waals surface area contributed by atoms with Crippen molar-refractivity contribution in [1.29, 1.82) is 0 Å². The second-order valence-electron chi connectivity index (χ2n) is 1.99. The van der Waals surface area contributed by atoms with Crippen LogP contribution in [0.15, 0.2) is 0 Å². The van der Waals surface area contributed by atoms with E-state index in [0.717, 1.165) is 6.54 Å². The van der Waals surface area contributed by atoms with Crippen molar-refractivity contribution in [3.63, 3.8) is 0 Å². The maximum absolute atomic E-state index is 8.67. The Bertz CT molecular complexity index is 78.8. The summed E-state index contributed by atoms with van der Waals surface area (Å²) in [5, 5.41) is 9.04. The van der Waals surface area contributed by atoms with Crippen LogP contribution in [-0.2, 0) is 0 Å². The molecule has 0 aromatic rings. The van der Waals surface area contributed by atoms with E-state index in [1.54, 1.807) is 0 Å². The quantitative estimate of drug-likeness (QED) is 0.544. The fraction of sp³-hybridized carbons (Fsp3) is 1.00. The molecule has 0 bridgehead atoms. The lowest BCUT2D eigenvalue weighted by atomic mass is 10.5. The smallest absolute Gasteiger partial charge is 0.0789 e. The summed E-state index contributed by atoms with van der Waals surface area (Å²) < 4.78 is 0. The van der Waals surface area contributed by atoms with Gasteiger partial charge in [0.1, 0.15) is 0 Å². The van der Waals surface area contributed by atoms with Crippen LogP contribution in [0.5, 0.6) is 0 Å². The Morgan fingerprint density at radius 3 is 2.88 bits per heavy atom. The van der Waals surface area contributed by atoms with E-state index in [2.05, 4.69) is 4.90 Å². The highest BCUT2D eigenvalue weighted by atomic mass is 32.2. The summed E-state index contributed by atoms with van der Waals surface area (Å²) in [4.78, 5) is 2.17. The number of rotatable bonds is 1. The van der Waals surface area contributed by atoms with Crippen molar-refractivity contribution in [3.05, 3.63) is 0 Å². The molecule has 1 heterocycles. The first-order valence-corrected chi connectivity index (χ1v) is 3.82. The van der Waals surface area contributed by atoms with Gasteiger partial charge >= 0.3 is 0 Å². The van der Waals surface area contributed by atoms with Crippen LogP contribution in [-0.4, -0.2) is 41.3 Å². The molecule has 1 N–H and O–H groups in total. The van der Waals surface area contributed by atoms with E-state index < -0.39 is 0 Å². The lowest BCUT2D eigenvalue weighted by Crippen LogP contribution is -2.26. The molecule has 1 rings (SSSR count). The average molecular weight is 133 g/mol. The minimum Gasteiger partial charge on any atom is -0.394 e. The summed E-state index contributed by atoms with van der Waals surface area (Å²) in [5.41, 5.74) is 0. The Labute approximate surface area is 53.9 Å². The highest BCUT2D eigenvalue weighted by Gasteiger charge is 2.19. The molecule has 0 aromatic carbocycles. The molecule has 0 saturated carbocycles. The molecule has 1 saturated heterocycles. The van der Waals surface area contributed by atoms with E-state index in [1.807, 2.05) is 18.8 Å². The highest BCUT2D eigenvalue weighted by Crippen LogP contribution is 2.20. The fourth-order valence-corrected chi connectivity index (χ4v) is 1.93. The van der Waals surface area contributed by atoms with Crippen molar-refractivity contribution in [2.24, 2.45) is 0 Å². The number of aliphatic hydroxyl groups is 1. The molecular formula is C5H11NOS. The molecule has 0 spiro atoms. The van der Waals surface area contributed by atoms with E-state index in [1.165, 1.54) is 5.75 Å². The lowest BCUT2D eigenvalue weighted by molar-refractivity contribution is 0.216. The largest absolute Gasteiger partial charge is 0.394 e. The third-order valence-electron chi connectivity index (χ3n) is 1.40. The standard InChI is InChI=1S/C5H11NOS/c1-6-2-3-8-5(6)4-7/h5,7H,2-4H2,1H3. The molecule has 8 heavy (non-hydrogen) atoms. The molecule has 1 fully saturated rings. The summed E-state index contributed by atoms with van der Waals surface area (Å²) in [6.45, 7) is 1.41. The van der Waals surface area contributed by atoms with Crippen molar-refractivity contribution in [2.75, 3.05) is 26.0 Å². The molecule has 0 aliphatic carbocycles. The zero-order valence-electron chi connectivity index (χ0n) is 5.00. The minimum atomic E-state index is 0.293. The number of thioether (sulfide) groups is 1. The Kier molecular flexibility index (Phi) is 2.16. The van der Waals surface area contributed by atoms with Crippen LogP contribution < -0.4 is 0 Å². The third kappa shape index (κ3) is 1.16. The predicted octanol–water partition coefficient (Wildman–Crippen LogP) is -0.0166. The average Bonchev–Trinajstić information content (AvgIpc) is 2.14. The minimum absolute atomic E-state index is 0.293. The zero-order valence-corrected chi connectivity index (χ0v) is 5.82. The van der Waals surface area contributed by atoms with Crippen molar-refractivity contribution in [3.8, 4) is 0 Å². The van der Waals surface area contributed by atoms with Gasteiger partial charge in [-0.25, -0.2) is 0 Å². The summed E-state index contributed by atoms with van der Waals surface area (Å²) >= 11 is 1.83. The van der Waals surface area contributed by atoms with E-state index in [9.17, 15) is 0 Å². The lowest BCUT2D eigenvalue weighted by Gasteiger charge is -2.14. The fourth-order valence-electron chi connectivity index (χ4n) is 0.796. The van der Waals surface area contributed by atoms with E-state index in [4.69, 9.17) is 5.11 Å². The SMILES string of the molecule is CN1CCSC1CO. The molecule has 1 aliphatic rings. The van der Waals surface area contributed by atoms with Crippen molar-refractivity contribution >= 4 is 11.8 Å². The summed E-state index contributed by atoms with van der Waals surface area (Å²) in [6, 6.07) is 0. The van der Waals surface area contributed by atoms with Gasteiger partial charge in [-0.15, -0.1) is 11.8 Å². The topological polar surface area (TPSA) is 23.5 Å². The third-order valence-corrected chi connectivity index (χ3v) is 2.71. The second kappa shape index (κ2) is 2.71. The van der Waals surface area contributed by atoms with E-state index in [-0.39, 0.29) is 0 Å². The first kappa shape index (κ1) is 6.39. The molecule has 1 unspecified atom stereocenters. The number of hydrogen-bond donors (Lipinski definition) is 1. The molecule has 0 amide bonds. The molecule has 1 aliphatic heterocycles. The van der Waals surface area contributed by atoms with E-state index in [0.29, 0.717) is 12.0 Å². The number of aliphatic hydroxyl groups excluding tert-OH is 1. The monoisotopic (exact) mass is 133 g/mol. The number of nitrogens with zero attached hydrogens (tertiary/aromatic N) is 1. The number of likely N-dealkylation sites (N-methyl/N-ethyl adjacent to an activating group) is 1. The van der Waals surface area contributed by atoms with Gasteiger partial charge < -0.3 is 5.11 Å². The maximum atomic E-state index is 8.67. The van der Waals surface area contributed by atoms with Gasteiger partial charge in [-0.3, -0.25) is 4.90 Å². The van der Waals surface area contributed by atoms with Crippen LogP contribution in [0.4, 0.5) is 0 Å². The van der Waals surface area contributed by atoms with Crippen LogP contribution >= 0.6 is 11.8 Å². The normalized spacial score (nSPS) is 31.5. The van der Waals surface area contributed by atoms with Gasteiger partial charge in [-0.1, -0.05) is 0 Å². The van der Waals surface area contributed by atoms with Gasteiger partial charge in [0.05, 0.1) is 12.0 Å². The Hall–Kier alpha value is 0.270. The van der Waals surface area contributed by atoms with Crippen molar-refractivity contribution in [2.45, 2.75) is 5.37 Å². The molecule has 0 radical (unpaired) electrons. The summed E-state index contributed by atoms with van der Waals surface area (Å²) in [7, 11) is 2.04. The van der Waals surface area contributed by atoms with Crippen molar-refractivity contribution in [1.82, 2.24) is 4.90 Å². The van der Waals surface area contributed by atoms with Gasteiger partial charge in [0.15, 0.2) is 0 Å². The van der Waals surface area contributed by atoms with Gasteiger partial charge in [-0.2, -0.15) is 0 Å². The van der Waals surface area contributed by atoms with Crippen LogP contribution in [0.2, 0.25) is 0 Å². The Balaban J connectivity index is 2.30. The van der Waals surface area contributed by atoms with Gasteiger partial charge in [-0.05, 0) is 7.05 Å². The maximum Gasteiger partial charge on any atom is 0.0789 e. The van der Waals surface area contributed by atoms with Gasteiger partial charge in [0.25, 0.3) is 0 Å². The zero-order chi connectivity index (χ0) is 5.98. The molecule has 48 valence electrons. The molecule has 0 aromatic heterocycles. The first-order valence-electron chi connectivity index (χ1n) is 2.77. The van der Waals surface area contributed by atoms with Crippen molar-refractivity contribution < 1.29 is 5.11 Å². The van der Waals surface area contributed by atoms with Crippen LogP contribution in [0, 0.1) is 0 Å². The Morgan fingerprint density at radius 1 is 1.88 bits per heavy atom. The van der Waals surface area contributed by atoms with Crippen LogP contribution in [0.1, 0.15) is 0 Å².